The molecule has 1 spiro atoms. The zero-order valence-electron chi connectivity index (χ0n) is 17.7. The normalized spacial score (nSPS) is 21.1. The van der Waals surface area contributed by atoms with Crippen LogP contribution in [0, 0.1) is 11.2 Å². The SMILES string of the molecule is CON=C1CN(c2c(F)cn3c(=O)c4c(=O)[nH]sc4c(C4CC4)c3c2OC)CC12CNC2. The van der Waals surface area contributed by atoms with E-state index < -0.39 is 16.9 Å². The Morgan fingerprint density at radius 2 is 2.06 bits per heavy atom. The predicted octanol–water partition coefficient (Wildman–Crippen LogP) is 1.64. The number of rotatable bonds is 4. The molecule has 3 aliphatic rings. The zero-order valence-corrected chi connectivity index (χ0v) is 18.5. The van der Waals surface area contributed by atoms with Gasteiger partial charge in [0.1, 0.15) is 18.2 Å². The summed E-state index contributed by atoms with van der Waals surface area (Å²) >= 11 is 1.16. The average Bonchev–Trinajstić information content (AvgIpc) is 3.40. The molecule has 3 aromatic heterocycles. The van der Waals surface area contributed by atoms with Gasteiger partial charge in [-0.1, -0.05) is 16.7 Å². The van der Waals surface area contributed by atoms with Gasteiger partial charge in [0.05, 0.1) is 41.2 Å². The number of H-pyrrole nitrogens is 1. The molecular weight excluding hydrogens is 437 g/mol. The van der Waals surface area contributed by atoms with E-state index in [0.717, 1.165) is 48.7 Å². The lowest BCUT2D eigenvalue weighted by molar-refractivity contribution is 0.200. The average molecular weight is 460 g/mol. The molecule has 6 rings (SSSR count). The Bertz CT molecular complexity index is 1420. The lowest BCUT2D eigenvalue weighted by Crippen LogP contribution is -2.58. The number of nitrogens with one attached hydrogen (secondary N) is 2. The number of anilines is 1. The molecule has 11 heteroatoms. The first-order valence-electron chi connectivity index (χ1n) is 10.5. The molecule has 2 saturated heterocycles. The van der Waals surface area contributed by atoms with E-state index in [9.17, 15) is 9.59 Å². The highest BCUT2D eigenvalue weighted by atomic mass is 32.1. The molecule has 0 atom stereocenters. The molecule has 3 aromatic rings. The molecule has 9 nitrogen and oxygen atoms in total. The quantitative estimate of drug-likeness (QED) is 0.576. The number of halogens is 1. The van der Waals surface area contributed by atoms with E-state index in [1.807, 2.05) is 4.90 Å². The Morgan fingerprint density at radius 1 is 1.28 bits per heavy atom. The fraction of sp³-hybridized carbons (Fsp3) is 0.476. The number of ether oxygens (including phenoxy) is 1. The standard InChI is InChI=1S/C21H22FN5O4S/c1-30-17-15(26-6-12(24-31-2)21(9-26)7-23-8-21)11(22)5-27-16(17)13(10-3-4-10)18-14(20(27)29)19(28)25-32-18/h5,10,23H,3-4,6-9H2,1-2H3,(H,25,28). The molecule has 1 aliphatic carbocycles. The number of aromatic amines is 1. The maximum atomic E-state index is 15.6. The second-order valence-corrected chi connectivity index (χ2v) is 9.58. The molecule has 5 heterocycles. The maximum Gasteiger partial charge on any atom is 0.271 e. The Kier molecular flexibility index (Phi) is 4.19. The van der Waals surface area contributed by atoms with Crippen molar-refractivity contribution in [1.29, 1.82) is 0 Å². The minimum Gasteiger partial charge on any atom is -0.492 e. The summed E-state index contributed by atoms with van der Waals surface area (Å²) in [7, 11) is 3.00. The van der Waals surface area contributed by atoms with Crippen LogP contribution < -0.4 is 26.1 Å². The van der Waals surface area contributed by atoms with Gasteiger partial charge in [-0.3, -0.25) is 18.4 Å². The summed E-state index contributed by atoms with van der Waals surface area (Å²) in [5.41, 5.74) is 1.41. The minimum atomic E-state index is -0.578. The van der Waals surface area contributed by atoms with E-state index in [0.29, 0.717) is 34.7 Å². The summed E-state index contributed by atoms with van der Waals surface area (Å²) in [6.45, 7) is 2.46. The van der Waals surface area contributed by atoms with E-state index >= 15 is 4.39 Å². The zero-order chi connectivity index (χ0) is 22.2. The van der Waals surface area contributed by atoms with Crippen molar-refractivity contribution >= 4 is 38.5 Å². The number of hydrogen-bond acceptors (Lipinski definition) is 8. The Labute approximate surface area is 185 Å². The highest BCUT2D eigenvalue weighted by Gasteiger charge is 2.50. The molecule has 0 radical (unpaired) electrons. The van der Waals surface area contributed by atoms with Crippen molar-refractivity contribution in [2.45, 2.75) is 18.8 Å². The minimum absolute atomic E-state index is 0.0822. The third-order valence-corrected chi connectivity index (χ3v) is 7.77. The molecule has 2 N–H and O–H groups in total. The Morgan fingerprint density at radius 3 is 2.69 bits per heavy atom. The van der Waals surface area contributed by atoms with Crippen molar-refractivity contribution in [3.8, 4) is 5.75 Å². The molecule has 0 unspecified atom stereocenters. The molecule has 0 aromatic carbocycles. The second-order valence-electron chi connectivity index (χ2n) is 8.77. The van der Waals surface area contributed by atoms with Crippen LogP contribution in [0.3, 0.4) is 0 Å². The lowest BCUT2D eigenvalue weighted by atomic mass is 9.79. The summed E-state index contributed by atoms with van der Waals surface area (Å²) < 4.78 is 26.0. The number of aromatic nitrogens is 2. The first-order chi connectivity index (χ1) is 15.5. The van der Waals surface area contributed by atoms with Crippen LogP contribution >= 0.6 is 11.5 Å². The number of oxime groups is 1. The van der Waals surface area contributed by atoms with Gasteiger partial charge in [-0.15, -0.1) is 0 Å². The van der Waals surface area contributed by atoms with Gasteiger partial charge in [0, 0.05) is 25.2 Å². The van der Waals surface area contributed by atoms with Crippen LogP contribution in [0.25, 0.3) is 15.6 Å². The highest BCUT2D eigenvalue weighted by Crippen LogP contribution is 2.49. The predicted molar refractivity (Wildman–Crippen MR) is 120 cm³/mol. The third-order valence-electron chi connectivity index (χ3n) is 6.85. The molecule has 32 heavy (non-hydrogen) atoms. The summed E-state index contributed by atoms with van der Waals surface area (Å²) in [6.07, 6.45) is 3.09. The van der Waals surface area contributed by atoms with Crippen molar-refractivity contribution in [1.82, 2.24) is 14.1 Å². The van der Waals surface area contributed by atoms with Gasteiger partial charge < -0.3 is 19.8 Å². The van der Waals surface area contributed by atoms with Gasteiger partial charge in [-0.05, 0) is 18.8 Å². The van der Waals surface area contributed by atoms with Gasteiger partial charge in [0.15, 0.2) is 11.6 Å². The van der Waals surface area contributed by atoms with Gasteiger partial charge in [0.25, 0.3) is 11.1 Å². The number of pyridine rings is 2. The monoisotopic (exact) mass is 459 g/mol. The first-order valence-corrected chi connectivity index (χ1v) is 11.3. The van der Waals surface area contributed by atoms with Crippen LogP contribution in [-0.2, 0) is 4.84 Å². The first kappa shape index (κ1) is 19.7. The van der Waals surface area contributed by atoms with Gasteiger partial charge >= 0.3 is 0 Å². The summed E-state index contributed by atoms with van der Waals surface area (Å²) in [6, 6.07) is 0. The van der Waals surface area contributed by atoms with Crippen LogP contribution in [0.4, 0.5) is 10.1 Å². The largest absolute Gasteiger partial charge is 0.492 e. The molecule has 1 saturated carbocycles. The van der Waals surface area contributed by atoms with Crippen LogP contribution in [0.15, 0.2) is 20.9 Å². The third kappa shape index (κ3) is 2.54. The van der Waals surface area contributed by atoms with Crippen molar-refractivity contribution in [2.75, 3.05) is 45.3 Å². The van der Waals surface area contributed by atoms with Crippen LogP contribution in [-0.4, -0.2) is 54.9 Å². The van der Waals surface area contributed by atoms with Crippen LogP contribution in [0.5, 0.6) is 5.75 Å². The van der Waals surface area contributed by atoms with Crippen molar-refractivity contribution in [2.24, 2.45) is 10.6 Å². The van der Waals surface area contributed by atoms with Crippen molar-refractivity contribution < 1.29 is 14.0 Å². The van der Waals surface area contributed by atoms with Crippen molar-refractivity contribution in [3.05, 3.63) is 38.3 Å². The van der Waals surface area contributed by atoms with E-state index in [-0.39, 0.29) is 16.7 Å². The smallest absolute Gasteiger partial charge is 0.271 e. The van der Waals surface area contributed by atoms with Gasteiger partial charge in [0.2, 0.25) is 0 Å². The van der Waals surface area contributed by atoms with Gasteiger partial charge in [-0.25, -0.2) is 4.39 Å². The number of nitrogens with zero attached hydrogens (tertiary/aromatic N) is 3. The lowest BCUT2D eigenvalue weighted by Gasteiger charge is -2.39. The van der Waals surface area contributed by atoms with Crippen LogP contribution in [0.1, 0.15) is 24.3 Å². The highest BCUT2D eigenvalue weighted by molar-refractivity contribution is 7.13. The molecule has 3 fully saturated rings. The van der Waals surface area contributed by atoms with E-state index in [1.165, 1.54) is 24.8 Å². The fourth-order valence-electron chi connectivity index (χ4n) is 5.13. The Balaban J connectivity index is 1.64. The van der Waals surface area contributed by atoms with E-state index in [1.54, 1.807) is 0 Å². The van der Waals surface area contributed by atoms with Crippen LogP contribution in [0.2, 0.25) is 0 Å². The van der Waals surface area contributed by atoms with E-state index in [4.69, 9.17) is 9.57 Å². The maximum absolute atomic E-state index is 15.6. The topological polar surface area (TPSA) is 100 Å². The number of methoxy groups -OCH3 is 1. The Hall–Kier alpha value is -2.92. The molecule has 2 aliphatic heterocycles. The van der Waals surface area contributed by atoms with Crippen molar-refractivity contribution in [3.63, 3.8) is 0 Å². The van der Waals surface area contributed by atoms with E-state index in [2.05, 4.69) is 14.8 Å². The number of hydrogen-bond donors (Lipinski definition) is 2. The molecule has 0 bridgehead atoms. The van der Waals surface area contributed by atoms with Gasteiger partial charge in [-0.2, -0.15) is 0 Å². The summed E-state index contributed by atoms with van der Waals surface area (Å²) in [4.78, 5) is 32.5. The molecule has 168 valence electrons. The second kappa shape index (κ2) is 6.79. The molecular formula is C21H22FN5O4S. The molecule has 0 amide bonds. The number of fused-ring (bicyclic) bond motifs is 2. The summed E-state index contributed by atoms with van der Waals surface area (Å²) in [5, 5.41) is 7.57. The fourth-order valence-corrected chi connectivity index (χ4v) is 6.08. The summed E-state index contributed by atoms with van der Waals surface area (Å²) in [5.74, 6) is -0.0590.